The van der Waals surface area contributed by atoms with Gasteiger partial charge in [0.25, 0.3) is 5.91 Å². The van der Waals surface area contributed by atoms with Gasteiger partial charge in [-0.3, -0.25) is 9.69 Å². The van der Waals surface area contributed by atoms with Crippen molar-refractivity contribution in [3.8, 4) is 0 Å². The molecule has 0 saturated heterocycles. The molecule has 0 fully saturated rings. The van der Waals surface area contributed by atoms with E-state index in [1.54, 1.807) is 12.1 Å². The van der Waals surface area contributed by atoms with E-state index in [2.05, 4.69) is 20.9 Å². The van der Waals surface area contributed by atoms with Crippen LogP contribution in [0.15, 0.2) is 40.2 Å². The molecule has 1 aromatic carbocycles. The Morgan fingerprint density at radius 3 is 2.67 bits per heavy atom. The number of fused-ring (bicyclic) bond motifs is 1. The van der Waals surface area contributed by atoms with Crippen molar-refractivity contribution >= 4 is 65.8 Å². The number of rotatable bonds is 5. The van der Waals surface area contributed by atoms with E-state index >= 15 is 0 Å². The maximum atomic E-state index is 12.4. The molecule has 0 saturated carbocycles. The van der Waals surface area contributed by atoms with Crippen molar-refractivity contribution in [1.29, 1.82) is 0 Å². The van der Waals surface area contributed by atoms with Crippen molar-refractivity contribution in [2.75, 3.05) is 18.1 Å². The fraction of sp³-hybridized carbons (Fsp3) is 0.188. The number of esters is 1. The van der Waals surface area contributed by atoms with Crippen molar-refractivity contribution in [2.24, 2.45) is 0 Å². The Hall–Kier alpha value is -1.77. The van der Waals surface area contributed by atoms with E-state index in [0.717, 1.165) is 14.0 Å². The zero-order valence-electron chi connectivity index (χ0n) is 12.7. The summed E-state index contributed by atoms with van der Waals surface area (Å²) in [7, 11) is 0. The maximum Gasteiger partial charge on any atom is 0.348 e. The second kappa shape index (κ2) is 7.42. The smallest absolute Gasteiger partial charge is 0.348 e. The van der Waals surface area contributed by atoms with Crippen LogP contribution in [0.3, 0.4) is 0 Å². The molecule has 2 aromatic heterocycles. The second-order valence-corrected chi connectivity index (χ2v) is 8.25. The first-order valence-electron chi connectivity index (χ1n) is 7.17. The fourth-order valence-corrected chi connectivity index (χ4v) is 4.42. The van der Waals surface area contributed by atoms with Crippen LogP contribution >= 0.6 is 38.6 Å². The number of likely N-dealkylation sites (N-methyl/N-ethyl adjacent to an activating group) is 1. The van der Waals surface area contributed by atoms with Gasteiger partial charge in [0.05, 0.1) is 14.0 Å². The highest BCUT2D eigenvalue weighted by Crippen LogP contribution is 2.28. The number of aromatic nitrogens is 1. The van der Waals surface area contributed by atoms with Gasteiger partial charge >= 0.3 is 5.97 Å². The molecule has 0 atom stereocenters. The summed E-state index contributed by atoms with van der Waals surface area (Å²) in [6, 6.07) is 11.1. The van der Waals surface area contributed by atoms with Gasteiger partial charge in [0.1, 0.15) is 4.88 Å². The van der Waals surface area contributed by atoms with Crippen LogP contribution in [0.1, 0.15) is 16.6 Å². The molecule has 8 heteroatoms. The average Bonchev–Trinajstić information content (AvgIpc) is 3.19. The number of hydrogen-bond acceptors (Lipinski definition) is 6. The predicted octanol–water partition coefficient (Wildman–Crippen LogP) is 4.33. The maximum absolute atomic E-state index is 12.4. The van der Waals surface area contributed by atoms with Gasteiger partial charge in [-0.15, -0.1) is 11.3 Å². The second-order valence-electron chi connectivity index (χ2n) is 4.78. The lowest BCUT2D eigenvalue weighted by Gasteiger charge is -2.17. The van der Waals surface area contributed by atoms with E-state index in [-0.39, 0.29) is 12.5 Å². The normalized spacial score (nSPS) is 10.8. The minimum Gasteiger partial charge on any atom is -0.451 e. The number of amides is 1. The Morgan fingerprint density at radius 1 is 1.21 bits per heavy atom. The standard InChI is InChI=1S/C16H13BrN2O3S2/c1-2-19(16-18-10-5-3-4-6-11(10)24-16)14(20)9-22-15(21)12-7-8-13(17)23-12/h3-8H,2,9H2,1H3. The van der Waals surface area contributed by atoms with Gasteiger partial charge in [-0.2, -0.15) is 0 Å². The van der Waals surface area contributed by atoms with Crippen LogP contribution in [0.2, 0.25) is 0 Å². The third kappa shape index (κ3) is 3.66. The third-order valence-corrected chi connectivity index (χ3v) is 5.89. The van der Waals surface area contributed by atoms with Crippen LogP contribution in [0.25, 0.3) is 10.2 Å². The minimum absolute atomic E-state index is 0.291. The molecule has 3 rings (SSSR count). The topological polar surface area (TPSA) is 59.5 Å². The van der Waals surface area contributed by atoms with Gasteiger partial charge in [0.2, 0.25) is 0 Å². The molecule has 124 valence electrons. The molecule has 3 aromatic rings. The highest BCUT2D eigenvalue weighted by Gasteiger charge is 2.20. The minimum atomic E-state index is -0.501. The molecule has 2 heterocycles. The lowest BCUT2D eigenvalue weighted by atomic mass is 10.3. The van der Waals surface area contributed by atoms with E-state index in [0.29, 0.717) is 16.6 Å². The Bertz CT molecular complexity index is 857. The summed E-state index contributed by atoms with van der Waals surface area (Å²) < 4.78 is 6.97. The number of carbonyl (C=O) groups is 2. The van der Waals surface area contributed by atoms with Crippen LogP contribution < -0.4 is 4.90 Å². The van der Waals surface area contributed by atoms with E-state index in [1.807, 2.05) is 31.2 Å². The number of para-hydroxylation sites is 1. The van der Waals surface area contributed by atoms with E-state index in [1.165, 1.54) is 27.6 Å². The van der Waals surface area contributed by atoms with Gasteiger partial charge in [0.15, 0.2) is 11.7 Å². The molecule has 0 bridgehead atoms. The highest BCUT2D eigenvalue weighted by molar-refractivity contribution is 9.11. The first-order chi connectivity index (χ1) is 11.6. The van der Waals surface area contributed by atoms with Crippen molar-refractivity contribution in [1.82, 2.24) is 4.98 Å². The molecular weight excluding hydrogens is 412 g/mol. The quantitative estimate of drug-likeness (QED) is 0.571. The Morgan fingerprint density at radius 2 is 2.00 bits per heavy atom. The van der Waals surface area contributed by atoms with Crippen molar-refractivity contribution in [3.05, 3.63) is 45.1 Å². The third-order valence-electron chi connectivity index (χ3n) is 3.23. The molecule has 0 radical (unpaired) electrons. The van der Waals surface area contributed by atoms with Crippen LogP contribution in [0, 0.1) is 0 Å². The SMILES string of the molecule is CCN(C(=O)COC(=O)c1ccc(Br)s1)c1nc2ccccc2s1. The Kier molecular flexibility index (Phi) is 5.27. The number of halogens is 1. The predicted molar refractivity (Wildman–Crippen MR) is 99.9 cm³/mol. The molecule has 0 aliphatic carbocycles. The molecule has 1 amide bonds. The number of thiazole rings is 1. The van der Waals surface area contributed by atoms with Crippen molar-refractivity contribution in [3.63, 3.8) is 0 Å². The summed E-state index contributed by atoms with van der Waals surface area (Å²) in [5.41, 5.74) is 0.851. The van der Waals surface area contributed by atoms with Gasteiger partial charge in [-0.1, -0.05) is 23.5 Å². The highest BCUT2D eigenvalue weighted by atomic mass is 79.9. The summed E-state index contributed by atoms with van der Waals surface area (Å²) in [6.07, 6.45) is 0. The zero-order chi connectivity index (χ0) is 17.1. The van der Waals surface area contributed by atoms with Crippen LogP contribution in [-0.4, -0.2) is 30.0 Å². The van der Waals surface area contributed by atoms with Gasteiger partial charge in [-0.25, -0.2) is 9.78 Å². The van der Waals surface area contributed by atoms with Crippen LogP contribution in [-0.2, 0) is 9.53 Å². The fourth-order valence-electron chi connectivity index (χ4n) is 2.09. The molecule has 0 aliphatic heterocycles. The number of carbonyl (C=O) groups excluding carboxylic acids is 2. The van der Waals surface area contributed by atoms with Crippen LogP contribution in [0.4, 0.5) is 5.13 Å². The molecule has 0 aliphatic rings. The number of thiophene rings is 1. The van der Waals surface area contributed by atoms with E-state index in [4.69, 9.17) is 4.74 Å². The number of anilines is 1. The van der Waals surface area contributed by atoms with Gasteiger partial charge in [0, 0.05) is 6.54 Å². The average molecular weight is 425 g/mol. The molecular formula is C16H13BrN2O3S2. The lowest BCUT2D eigenvalue weighted by molar-refractivity contribution is -0.121. The zero-order valence-corrected chi connectivity index (χ0v) is 15.9. The summed E-state index contributed by atoms with van der Waals surface area (Å²) in [5, 5.41) is 0.610. The number of nitrogens with zero attached hydrogens (tertiary/aromatic N) is 2. The molecule has 0 unspecified atom stereocenters. The summed E-state index contributed by atoms with van der Waals surface area (Å²) in [5.74, 6) is -0.792. The molecule has 5 nitrogen and oxygen atoms in total. The molecule has 24 heavy (non-hydrogen) atoms. The first kappa shape index (κ1) is 17.1. The first-order valence-corrected chi connectivity index (χ1v) is 9.59. The summed E-state index contributed by atoms with van der Waals surface area (Å²) in [4.78, 5) is 30.8. The number of ether oxygens (including phenoxy) is 1. The number of benzene rings is 1. The van der Waals surface area contributed by atoms with Gasteiger partial charge < -0.3 is 4.74 Å². The summed E-state index contributed by atoms with van der Waals surface area (Å²) >= 11 is 6.00. The number of hydrogen-bond donors (Lipinski definition) is 0. The monoisotopic (exact) mass is 424 g/mol. The van der Waals surface area contributed by atoms with Gasteiger partial charge in [-0.05, 0) is 47.1 Å². The Balaban J connectivity index is 1.68. The van der Waals surface area contributed by atoms with Crippen LogP contribution in [0.5, 0.6) is 0 Å². The molecule has 0 N–H and O–H groups in total. The molecule has 0 spiro atoms. The van der Waals surface area contributed by atoms with Crippen molar-refractivity contribution in [2.45, 2.75) is 6.92 Å². The Labute approximate surface area is 155 Å². The lowest BCUT2D eigenvalue weighted by Crippen LogP contribution is -2.34. The largest absolute Gasteiger partial charge is 0.451 e. The van der Waals surface area contributed by atoms with E-state index < -0.39 is 5.97 Å². The summed E-state index contributed by atoms with van der Waals surface area (Å²) in [6.45, 7) is 2.01. The van der Waals surface area contributed by atoms with E-state index in [9.17, 15) is 9.59 Å². The van der Waals surface area contributed by atoms with Crippen molar-refractivity contribution < 1.29 is 14.3 Å².